The second kappa shape index (κ2) is 7.05. The molecule has 0 aliphatic rings. The van der Waals surface area contributed by atoms with Crippen molar-refractivity contribution in [1.82, 2.24) is 15.3 Å². The van der Waals surface area contributed by atoms with Gasteiger partial charge in [-0.3, -0.25) is 10.1 Å². The van der Waals surface area contributed by atoms with Crippen LogP contribution in [0.4, 0.5) is 9.93 Å². The van der Waals surface area contributed by atoms with Gasteiger partial charge in [0.1, 0.15) is 15.5 Å². The van der Waals surface area contributed by atoms with E-state index in [1.165, 1.54) is 22.7 Å². The van der Waals surface area contributed by atoms with Crippen molar-refractivity contribution in [3.05, 3.63) is 27.2 Å². The zero-order chi connectivity index (χ0) is 17.0. The monoisotopic (exact) mass is 354 g/mol. The summed E-state index contributed by atoms with van der Waals surface area (Å²) in [6.45, 7) is 7.35. The lowest BCUT2D eigenvalue weighted by molar-refractivity contribution is 0.0523. The van der Waals surface area contributed by atoms with E-state index in [9.17, 15) is 9.59 Å². The highest BCUT2D eigenvalue weighted by Gasteiger charge is 2.18. The Hall–Kier alpha value is -2.00. The van der Waals surface area contributed by atoms with Gasteiger partial charge in [-0.15, -0.1) is 22.7 Å². The molecule has 9 heteroatoms. The van der Waals surface area contributed by atoms with Gasteiger partial charge in [-0.1, -0.05) is 0 Å². The Kier molecular flexibility index (Phi) is 5.32. The molecular formula is C14H18N4O3S2. The maximum Gasteiger partial charge on any atom is 0.408 e. The first kappa shape index (κ1) is 17.4. The van der Waals surface area contributed by atoms with Crippen molar-refractivity contribution in [3.8, 4) is 0 Å². The third-order valence-electron chi connectivity index (χ3n) is 2.48. The number of hydrogen-bond donors (Lipinski definition) is 2. The molecule has 2 amide bonds. The summed E-state index contributed by atoms with van der Waals surface area (Å²) in [5.41, 5.74) is 0.0618. The van der Waals surface area contributed by atoms with Gasteiger partial charge in [0.25, 0.3) is 5.91 Å². The fourth-order valence-corrected chi connectivity index (χ4v) is 3.06. The van der Waals surface area contributed by atoms with Crippen LogP contribution in [0.25, 0.3) is 0 Å². The molecule has 2 heterocycles. The Balaban J connectivity index is 1.95. The van der Waals surface area contributed by atoms with Crippen molar-refractivity contribution >= 4 is 39.8 Å². The van der Waals surface area contributed by atoms with Gasteiger partial charge in [0, 0.05) is 11.6 Å². The average Bonchev–Trinajstić information content (AvgIpc) is 3.04. The number of nitrogens with zero attached hydrogens (tertiary/aromatic N) is 2. The maximum atomic E-state index is 12.2. The van der Waals surface area contributed by atoms with Gasteiger partial charge in [-0.25, -0.2) is 14.8 Å². The SMILES string of the molecule is Cc1nc(CNC(=O)OC(C)(C)C)sc1C(=O)Nc1nccs1. The molecule has 2 aromatic rings. The van der Waals surface area contributed by atoms with E-state index < -0.39 is 11.7 Å². The summed E-state index contributed by atoms with van der Waals surface area (Å²) < 4.78 is 5.15. The molecule has 0 saturated heterocycles. The summed E-state index contributed by atoms with van der Waals surface area (Å²) in [5, 5.41) is 8.30. The highest BCUT2D eigenvalue weighted by Crippen LogP contribution is 2.20. The highest BCUT2D eigenvalue weighted by atomic mass is 32.1. The van der Waals surface area contributed by atoms with E-state index in [4.69, 9.17) is 4.74 Å². The van der Waals surface area contributed by atoms with Crippen LogP contribution in [-0.4, -0.2) is 27.6 Å². The summed E-state index contributed by atoms with van der Waals surface area (Å²) in [4.78, 5) is 32.6. The van der Waals surface area contributed by atoms with Crippen molar-refractivity contribution < 1.29 is 14.3 Å². The number of nitrogens with one attached hydrogen (secondary N) is 2. The molecule has 0 fully saturated rings. The molecule has 7 nitrogen and oxygen atoms in total. The zero-order valence-electron chi connectivity index (χ0n) is 13.3. The summed E-state index contributed by atoms with van der Waals surface area (Å²) in [7, 11) is 0. The molecule has 2 aromatic heterocycles. The van der Waals surface area contributed by atoms with Gasteiger partial charge >= 0.3 is 6.09 Å². The van der Waals surface area contributed by atoms with Crippen LogP contribution in [0.5, 0.6) is 0 Å². The Labute approximate surface area is 142 Å². The smallest absolute Gasteiger partial charge is 0.408 e. The molecule has 0 spiro atoms. The van der Waals surface area contributed by atoms with E-state index >= 15 is 0 Å². The minimum Gasteiger partial charge on any atom is -0.444 e. The number of alkyl carbamates (subject to hydrolysis) is 1. The van der Waals surface area contributed by atoms with Crippen molar-refractivity contribution in [1.29, 1.82) is 0 Å². The number of thiazole rings is 2. The quantitative estimate of drug-likeness (QED) is 0.879. The predicted molar refractivity (Wildman–Crippen MR) is 90.0 cm³/mol. The van der Waals surface area contributed by atoms with Crippen molar-refractivity contribution in [3.63, 3.8) is 0 Å². The van der Waals surface area contributed by atoms with Gasteiger partial charge in [-0.2, -0.15) is 0 Å². The van der Waals surface area contributed by atoms with Crippen LogP contribution in [0.2, 0.25) is 0 Å². The van der Waals surface area contributed by atoms with E-state index in [1.54, 1.807) is 39.3 Å². The zero-order valence-corrected chi connectivity index (χ0v) is 14.9. The van der Waals surface area contributed by atoms with Crippen molar-refractivity contribution in [2.75, 3.05) is 5.32 Å². The Morgan fingerprint density at radius 1 is 1.35 bits per heavy atom. The summed E-state index contributed by atoms with van der Waals surface area (Å²) >= 11 is 2.58. The molecule has 0 bridgehead atoms. The Morgan fingerprint density at radius 2 is 2.09 bits per heavy atom. The highest BCUT2D eigenvalue weighted by molar-refractivity contribution is 7.15. The van der Waals surface area contributed by atoms with Crippen molar-refractivity contribution in [2.45, 2.75) is 39.8 Å². The normalized spacial score (nSPS) is 11.1. The number of carbonyl (C=O) groups excluding carboxylic acids is 2. The lowest BCUT2D eigenvalue weighted by Crippen LogP contribution is -2.32. The van der Waals surface area contributed by atoms with E-state index in [0.717, 1.165) is 0 Å². The number of aryl methyl sites for hydroxylation is 1. The number of rotatable bonds is 4. The fourth-order valence-electron chi connectivity index (χ4n) is 1.64. The largest absolute Gasteiger partial charge is 0.444 e. The van der Waals surface area contributed by atoms with E-state index in [1.807, 2.05) is 0 Å². The number of aromatic nitrogens is 2. The third-order valence-corrected chi connectivity index (χ3v) is 4.33. The number of carbonyl (C=O) groups is 2. The molecule has 0 aromatic carbocycles. The van der Waals surface area contributed by atoms with Gasteiger partial charge in [-0.05, 0) is 27.7 Å². The second-order valence-electron chi connectivity index (χ2n) is 5.67. The van der Waals surface area contributed by atoms with Gasteiger partial charge in [0.2, 0.25) is 0 Å². The molecule has 23 heavy (non-hydrogen) atoms. The molecule has 0 saturated carbocycles. The summed E-state index contributed by atoms with van der Waals surface area (Å²) in [6, 6.07) is 0. The van der Waals surface area contributed by atoms with Crippen LogP contribution in [0, 0.1) is 6.92 Å². The number of ether oxygens (including phenoxy) is 1. The van der Waals surface area contributed by atoms with E-state index in [0.29, 0.717) is 20.7 Å². The predicted octanol–water partition coefficient (Wildman–Crippen LogP) is 3.19. The number of anilines is 1. The molecule has 2 rings (SSSR count). The van der Waals surface area contributed by atoms with Gasteiger partial charge < -0.3 is 10.1 Å². The van der Waals surface area contributed by atoms with Crippen molar-refractivity contribution in [2.24, 2.45) is 0 Å². The van der Waals surface area contributed by atoms with Crippen LogP contribution in [-0.2, 0) is 11.3 Å². The molecule has 124 valence electrons. The van der Waals surface area contributed by atoms with Crippen LogP contribution in [0.15, 0.2) is 11.6 Å². The lowest BCUT2D eigenvalue weighted by Gasteiger charge is -2.19. The number of amides is 2. The Morgan fingerprint density at radius 3 is 2.70 bits per heavy atom. The molecule has 0 aliphatic carbocycles. The summed E-state index contributed by atoms with van der Waals surface area (Å²) in [5.74, 6) is -0.251. The Bertz CT molecular complexity index is 689. The number of hydrogen-bond acceptors (Lipinski definition) is 7. The topological polar surface area (TPSA) is 93.2 Å². The average molecular weight is 354 g/mol. The second-order valence-corrected chi connectivity index (χ2v) is 7.65. The lowest BCUT2D eigenvalue weighted by atomic mass is 10.2. The van der Waals surface area contributed by atoms with Crippen LogP contribution in [0.1, 0.15) is 41.1 Å². The fraction of sp³-hybridized carbons (Fsp3) is 0.429. The van der Waals surface area contributed by atoms with Crippen LogP contribution in [0.3, 0.4) is 0 Å². The molecule has 0 unspecified atom stereocenters. The van der Waals surface area contributed by atoms with Crippen LogP contribution >= 0.6 is 22.7 Å². The first-order valence-electron chi connectivity index (χ1n) is 6.88. The molecular weight excluding hydrogens is 336 g/mol. The first-order chi connectivity index (χ1) is 10.7. The minimum absolute atomic E-state index is 0.213. The van der Waals surface area contributed by atoms with Crippen LogP contribution < -0.4 is 10.6 Å². The first-order valence-corrected chi connectivity index (χ1v) is 8.58. The molecule has 0 aliphatic heterocycles. The molecule has 0 radical (unpaired) electrons. The molecule has 2 N–H and O–H groups in total. The molecule has 0 atom stereocenters. The van der Waals surface area contributed by atoms with Gasteiger partial charge in [0.05, 0.1) is 12.2 Å². The maximum absolute atomic E-state index is 12.2. The van der Waals surface area contributed by atoms with E-state index in [2.05, 4.69) is 20.6 Å². The van der Waals surface area contributed by atoms with E-state index in [-0.39, 0.29) is 12.5 Å². The summed E-state index contributed by atoms with van der Waals surface area (Å²) in [6.07, 6.45) is 1.11. The standard InChI is InChI=1S/C14H18N4O3S2/c1-8-10(11(19)18-12-15-5-6-22-12)23-9(17-8)7-16-13(20)21-14(2,3)4/h5-6H,7H2,1-4H3,(H,16,20)(H,15,18,19). The third kappa shape index (κ3) is 5.29. The van der Waals surface area contributed by atoms with Gasteiger partial charge in [0.15, 0.2) is 5.13 Å². The minimum atomic E-state index is -0.554.